The number of benzene rings is 1. The second kappa shape index (κ2) is 6.01. The van der Waals surface area contributed by atoms with E-state index in [1.54, 1.807) is 0 Å². The van der Waals surface area contributed by atoms with Crippen LogP contribution in [0.4, 0.5) is 5.95 Å². The van der Waals surface area contributed by atoms with E-state index in [4.69, 9.17) is 5.73 Å². The SMILES string of the molecule is NCCNc1ncc(-c2ccc3c(c2)CCCC3)cn1. The van der Waals surface area contributed by atoms with Gasteiger partial charge in [0.25, 0.3) is 0 Å². The molecule has 1 heterocycles. The zero-order chi connectivity index (χ0) is 13.8. The first-order valence-corrected chi connectivity index (χ1v) is 7.25. The lowest BCUT2D eigenvalue weighted by Crippen LogP contribution is -2.14. The van der Waals surface area contributed by atoms with Crippen molar-refractivity contribution in [1.29, 1.82) is 0 Å². The molecule has 0 fully saturated rings. The van der Waals surface area contributed by atoms with E-state index in [0.717, 1.165) is 5.56 Å². The lowest BCUT2D eigenvalue weighted by Gasteiger charge is -2.16. The molecule has 2 aromatic rings. The fraction of sp³-hybridized carbons (Fsp3) is 0.375. The molecule has 4 nitrogen and oxygen atoms in total. The standard InChI is InChI=1S/C16H20N4/c17-7-8-18-16-19-10-15(11-20-16)14-6-5-12-3-1-2-4-13(12)9-14/h5-6,9-11H,1-4,7-8,17H2,(H,18,19,20). The molecule has 104 valence electrons. The van der Waals surface area contributed by atoms with Crippen molar-refractivity contribution in [3.05, 3.63) is 41.7 Å². The van der Waals surface area contributed by atoms with Crippen molar-refractivity contribution >= 4 is 5.95 Å². The predicted octanol–water partition coefficient (Wildman–Crippen LogP) is 2.39. The highest BCUT2D eigenvalue weighted by molar-refractivity contribution is 5.64. The second-order valence-electron chi connectivity index (χ2n) is 5.20. The van der Waals surface area contributed by atoms with Crippen molar-refractivity contribution in [1.82, 2.24) is 9.97 Å². The summed E-state index contributed by atoms with van der Waals surface area (Å²) in [5.74, 6) is 0.636. The molecule has 1 aliphatic carbocycles. The number of hydrogen-bond acceptors (Lipinski definition) is 4. The molecule has 0 amide bonds. The van der Waals surface area contributed by atoms with Crippen LogP contribution in [0.1, 0.15) is 24.0 Å². The Morgan fingerprint density at radius 2 is 1.75 bits per heavy atom. The van der Waals surface area contributed by atoms with Crippen LogP contribution in [-0.4, -0.2) is 23.1 Å². The van der Waals surface area contributed by atoms with Gasteiger partial charge in [0.15, 0.2) is 0 Å². The van der Waals surface area contributed by atoms with Gasteiger partial charge in [0.05, 0.1) is 0 Å². The minimum Gasteiger partial charge on any atom is -0.353 e. The van der Waals surface area contributed by atoms with Gasteiger partial charge in [0, 0.05) is 31.0 Å². The van der Waals surface area contributed by atoms with Gasteiger partial charge in [-0.1, -0.05) is 18.2 Å². The molecule has 0 atom stereocenters. The van der Waals surface area contributed by atoms with Crippen molar-refractivity contribution in [3.8, 4) is 11.1 Å². The zero-order valence-corrected chi connectivity index (χ0v) is 11.6. The average molecular weight is 268 g/mol. The number of anilines is 1. The van der Waals surface area contributed by atoms with Crippen molar-refractivity contribution < 1.29 is 0 Å². The van der Waals surface area contributed by atoms with Crippen LogP contribution in [0.5, 0.6) is 0 Å². The van der Waals surface area contributed by atoms with Gasteiger partial charge in [0.2, 0.25) is 5.95 Å². The van der Waals surface area contributed by atoms with Crippen LogP contribution >= 0.6 is 0 Å². The normalized spacial score (nSPS) is 13.8. The fourth-order valence-corrected chi connectivity index (χ4v) is 2.67. The summed E-state index contributed by atoms with van der Waals surface area (Å²) in [4.78, 5) is 8.65. The highest BCUT2D eigenvalue weighted by Crippen LogP contribution is 2.26. The van der Waals surface area contributed by atoms with Crippen LogP contribution < -0.4 is 11.1 Å². The maximum atomic E-state index is 5.44. The third-order valence-corrected chi connectivity index (χ3v) is 3.76. The first-order chi connectivity index (χ1) is 9.86. The average Bonchev–Trinajstić information content (AvgIpc) is 2.53. The Kier molecular flexibility index (Phi) is 3.92. The number of rotatable bonds is 4. The highest BCUT2D eigenvalue weighted by atomic mass is 15.1. The Balaban J connectivity index is 1.81. The number of aromatic nitrogens is 2. The number of nitrogens with zero attached hydrogens (tertiary/aromatic N) is 2. The van der Waals surface area contributed by atoms with E-state index in [0.29, 0.717) is 19.0 Å². The fourth-order valence-electron chi connectivity index (χ4n) is 2.67. The summed E-state index contributed by atoms with van der Waals surface area (Å²) in [5.41, 5.74) is 10.7. The quantitative estimate of drug-likeness (QED) is 0.893. The summed E-state index contributed by atoms with van der Waals surface area (Å²) < 4.78 is 0. The molecule has 1 aromatic carbocycles. The van der Waals surface area contributed by atoms with E-state index in [1.165, 1.54) is 42.4 Å². The largest absolute Gasteiger partial charge is 0.353 e. The molecule has 0 aliphatic heterocycles. The van der Waals surface area contributed by atoms with Crippen LogP contribution in [0.3, 0.4) is 0 Å². The minimum absolute atomic E-state index is 0.579. The molecular weight excluding hydrogens is 248 g/mol. The molecule has 3 N–H and O–H groups in total. The molecule has 1 aromatic heterocycles. The van der Waals surface area contributed by atoms with Gasteiger partial charge >= 0.3 is 0 Å². The zero-order valence-electron chi connectivity index (χ0n) is 11.6. The molecule has 0 bridgehead atoms. The van der Waals surface area contributed by atoms with Crippen molar-refractivity contribution in [2.24, 2.45) is 5.73 Å². The lowest BCUT2D eigenvalue weighted by atomic mass is 9.89. The predicted molar refractivity (Wildman–Crippen MR) is 81.7 cm³/mol. The molecule has 0 radical (unpaired) electrons. The summed E-state index contributed by atoms with van der Waals surface area (Å²) in [6, 6.07) is 6.72. The van der Waals surface area contributed by atoms with Crippen LogP contribution in [0.25, 0.3) is 11.1 Å². The Morgan fingerprint density at radius 1 is 1.00 bits per heavy atom. The Labute approximate surface area is 119 Å². The molecule has 0 unspecified atom stereocenters. The number of hydrogen-bond donors (Lipinski definition) is 2. The molecule has 1 aliphatic rings. The van der Waals surface area contributed by atoms with Gasteiger partial charge in [-0.25, -0.2) is 9.97 Å². The summed E-state index contributed by atoms with van der Waals surface area (Å²) in [7, 11) is 0. The summed E-state index contributed by atoms with van der Waals surface area (Å²) in [5, 5.41) is 3.08. The Hall–Kier alpha value is -1.94. The van der Waals surface area contributed by atoms with Gasteiger partial charge in [-0.05, 0) is 42.4 Å². The third kappa shape index (κ3) is 2.80. The van der Waals surface area contributed by atoms with Gasteiger partial charge in [-0.15, -0.1) is 0 Å². The van der Waals surface area contributed by atoms with Gasteiger partial charge in [-0.2, -0.15) is 0 Å². The van der Waals surface area contributed by atoms with Crippen molar-refractivity contribution in [2.75, 3.05) is 18.4 Å². The maximum absolute atomic E-state index is 5.44. The number of nitrogens with two attached hydrogens (primary N) is 1. The highest BCUT2D eigenvalue weighted by Gasteiger charge is 2.10. The van der Waals surface area contributed by atoms with E-state index < -0.39 is 0 Å². The smallest absolute Gasteiger partial charge is 0.222 e. The molecule has 0 saturated heterocycles. The van der Waals surface area contributed by atoms with Crippen LogP contribution in [0.2, 0.25) is 0 Å². The van der Waals surface area contributed by atoms with Gasteiger partial charge < -0.3 is 11.1 Å². The molecular formula is C16H20N4. The van der Waals surface area contributed by atoms with E-state index in [1.807, 2.05) is 12.4 Å². The van der Waals surface area contributed by atoms with Crippen LogP contribution in [0, 0.1) is 0 Å². The lowest BCUT2D eigenvalue weighted by molar-refractivity contribution is 0.686. The van der Waals surface area contributed by atoms with Crippen LogP contribution in [0.15, 0.2) is 30.6 Å². The van der Waals surface area contributed by atoms with E-state index in [2.05, 4.69) is 33.5 Å². The summed E-state index contributed by atoms with van der Waals surface area (Å²) in [6.45, 7) is 1.27. The Bertz CT molecular complexity index is 578. The maximum Gasteiger partial charge on any atom is 0.222 e. The van der Waals surface area contributed by atoms with E-state index >= 15 is 0 Å². The number of fused-ring (bicyclic) bond motifs is 1. The third-order valence-electron chi connectivity index (χ3n) is 3.76. The van der Waals surface area contributed by atoms with E-state index in [9.17, 15) is 0 Å². The Morgan fingerprint density at radius 3 is 2.50 bits per heavy atom. The second-order valence-corrected chi connectivity index (χ2v) is 5.20. The topological polar surface area (TPSA) is 63.8 Å². The number of nitrogens with one attached hydrogen (secondary N) is 1. The first-order valence-electron chi connectivity index (χ1n) is 7.25. The summed E-state index contributed by atoms with van der Waals surface area (Å²) in [6.07, 6.45) is 8.77. The monoisotopic (exact) mass is 268 g/mol. The molecule has 0 saturated carbocycles. The molecule has 0 spiro atoms. The summed E-state index contributed by atoms with van der Waals surface area (Å²) >= 11 is 0. The van der Waals surface area contributed by atoms with Gasteiger partial charge in [-0.3, -0.25) is 0 Å². The van der Waals surface area contributed by atoms with Crippen molar-refractivity contribution in [2.45, 2.75) is 25.7 Å². The first kappa shape index (κ1) is 13.1. The number of aryl methyl sites for hydroxylation is 2. The minimum atomic E-state index is 0.579. The van der Waals surface area contributed by atoms with E-state index in [-0.39, 0.29) is 0 Å². The van der Waals surface area contributed by atoms with Crippen molar-refractivity contribution in [3.63, 3.8) is 0 Å². The molecule has 20 heavy (non-hydrogen) atoms. The van der Waals surface area contributed by atoms with Gasteiger partial charge in [0.1, 0.15) is 0 Å². The molecule has 3 rings (SSSR count). The molecule has 4 heteroatoms. The van der Waals surface area contributed by atoms with Crippen LogP contribution in [-0.2, 0) is 12.8 Å².